The van der Waals surface area contributed by atoms with Crippen LogP contribution in [0.1, 0.15) is 36.7 Å². The number of carbonyl (C=O) groups is 3. The van der Waals surface area contributed by atoms with E-state index in [4.69, 9.17) is 23.7 Å². The minimum Gasteiger partial charge on any atom is -0.454 e. The molecule has 32 heavy (non-hydrogen) atoms. The van der Waals surface area contributed by atoms with Crippen LogP contribution in [0.3, 0.4) is 0 Å². The van der Waals surface area contributed by atoms with E-state index in [-0.39, 0.29) is 6.61 Å². The van der Waals surface area contributed by atoms with Crippen molar-refractivity contribution in [2.75, 3.05) is 0 Å². The molecule has 1 aliphatic heterocycles. The summed E-state index contributed by atoms with van der Waals surface area (Å²) in [7, 11) is 0. The minimum absolute atomic E-state index is 0.178. The highest BCUT2D eigenvalue weighted by Crippen LogP contribution is 2.30. The summed E-state index contributed by atoms with van der Waals surface area (Å²) >= 11 is 0. The van der Waals surface area contributed by atoms with Crippen LogP contribution in [-0.4, -0.2) is 48.6 Å². The molecule has 1 heterocycles. The monoisotopic (exact) mass is 442 g/mol. The van der Waals surface area contributed by atoms with Crippen molar-refractivity contribution in [1.29, 1.82) is 0 Å². The van der Waals surface area contributed by atoms with E-state index in [9.17, 15) is 14.4 Å². The summed E-state index contributed by atoms with van der Waals surface area (Å²) in [5.74, 6) is -1.86. The fourth-order valence-corrected chi connectivity index (χ4v) is 3.43. The van der Waals surface area contributed by atoms with Gasteiger partial charge >= 0.3 is 17.9 Å². The molecule has 0 amide bonds. The van der Waals surface area contributed by atoms with Gasteiger partial charge in [-0.05, 0) is 24.6 Å². The Morgan fingerprint density at radius 2 is 1.34 bits per heavy atom. The van der Waals surface area contributed by atoms with Gasteiger partial charge in [0.25, 0.3) is 0 Å². The maximum absolute atomic E-state index is 12.7. The Morgan fingerprint density at radius 1 is 0.781 bits per heavy atom. The predicted molar refractivity (Wildman–Crippen MR) is 112 cm³/mol. The van der Waals surface area contributed by atoms with Crippen molar-refractivity contribution in [2.45, 2.75) is 58.1 Å². The van der Waals surface area contributed by atoms with Gasteiger partial charge in [0.2, 0.25) is 0 Å². The third kappa shape index (κ3) is 6.15. The Balaban J connectivity index is 1.83. The van der Waals surface area contributed by atoms with Crippen molar-refractivity contribution in [3.05, 3.63) is 71.8 Å². The lowest BCUT2D eigenvalue weighted by atomic mass is 9.98. The SMILES string of the molecule is CC(=O)O[C@@H]1[C@@H](OC(=O)c2ccccc2)[C@H](C)O[C@@H](OCc2ccccc2)[C@@H]1OC(C)=O. The van der Waals surface area contributed by atoms with Gasteiger partial charge in [-0.2, -0.15) is 0 Å². The third-order valence-corrected chi connectivity index (χ3v) is 4.84. The molecular weight excluding hydrogens is 416 g/mol. The van der Waals surface area contributed by atoms with Crippen LogP contribution in [0.2, 0.25) is 0 Å². The molecule has 2 aromatic rings. The Bertz CT molecular complexity index is 914. The lowest BCUT2D eigenvalue weighted by Gasteiger charge is -2.43. The van der Waals surface area contributed by atoms with Crippen LogP contribution in [0.4, 0.5) is 0 Å². The Morgan fingerprint density at radius 3 is 1.94 bits per heavy atom. The van der Waals surface area contributed by atoms with Crippen molar-refractivity contribution >= 4 is 17.9 Å². The molecule has 1 aliphatic rings. The Kier molecular flexibility index (Phi) is 7.97. The molecule has 0 radical (unpaired) electrons. The highest BCUT2D eigenvalue weighted by molar-refractivity contribution is 5.89. The topological polar surface area (TPSA) is 97.4 Å². The van der Waals surface area contributed by atoms with Gasteiger partial charge in [-0.3, -0.25) is 9.59 Å². The molecule has 0 aliphatic carbocycles. The number of carbonyl (C=O) groups excluding carboxylic acids is 3. The number of ether oxygens (including phenoxy) is 5. The number of rotatable bonds is 7. The zero-order chi connectivity index (χ0) is 23.1. The van der Waals surface area contributed by atoms with Crippen molar-refractivity contribution in [3.63, 3.8) is 0 Å². The second-order valence-electron chi connectivity index (χ2n) is 7.39. The van der Waals surface area contributed by atoms with Gasteiger partial charge in [0.15, 0.2) is 24.6 Å². The first-order valence-corrected chi connectivity index (χ1v) is 10.3. The zero-order valence-corrected chi connectivity index (χ0v) is 18.1. The van der Waals surface area contributed by atoms with E-state index in [1.54, 1.807) is 37.3 Å². The van der Waals surface area contributed by atoms with E-state index >= 15 is 0 Å². The van der Waals surface area contributed by atoms with Crippen LogP contribution in [-0.2, 0) is 39.9 Å². The van der Waals surface area contributed by atoms with Gasteiger partial charge in [0.1, 0.15) is 0 Å². The van der Waals surface area contributed by atoms with Crippen LogP contribution >= 0.6 is 0 Å². The van der Waals surface area contributed by atoms with E-state index < -0.39 is 48.6 Å². The maximum atomic E-state index is 12.7. The van der Waals surface area contributed by atoms with Gasteiger partial charge in [-0.1, -0.05) is 48.5 Å². The van der Waals surface area contributed by atoms with Crippen molar-refractivity contribution in [2.24, 2.45) is 0 Å². The second-order valence-corrected chi connectivity index (χ2v) is 7.39. The van der Waals surface area contributed by atoms with Crippen molar-refractivity contribution in [3.8, 4) is 0 Å². The van der Waals surface area contributed by atoms with Gasteiger partial charge in [0.05, 0.1) is 18.3 Å². The van der Waals surface area contributed by atoms with Gasteiger partial charge in [-0.25, -0.2) is 4.79 Å². The molecule has 0 aromatic heterocycles. The quantitative estimate of drug-likeness (QED) is 0.477. The number of benzene rings is 2. The Labute approximate surface area is 186 Å². The van der Waals surface area contributed by atoms with Crippen LogP contribution in [0.5, 0.6) is 0 Å². The molecule has 1 fully saturated rings. The zero-order valence-electron chi connectivity index (χ0n) is 18.1. The Hall–Kier alpha value is -3.23. The lowest BCUT2D eigenvalue weighted by Crippen LogP contribution is -2.61. The second kappa shape index (κ2) is 10.9. The molecule has 8 nitrogen and oxygen atoms in total. The number of hydrogen-bond acceptors (Lipinski definition) is 8. The third-order valence-electron chi connectivity index (χ3n) is 4.84. The van der Waals surface area contributed by atoms with E-state index in [1.165, 1.54) is 13.8 Å². The molecule has 0 saturated carbocycles. The standard InChI is InChI=1S/C24H26O8/c1-15-20(32-23(27)19-12-8-5-9-13-19)21(30-16(2)25)22(31-17(3)26)24(29-15)28-14-18-10-6-4-7-11-18/h4-13,15,20-22,24H,14H2,1-3H3/t15-,20-,21+,22+,24+/m0/s1. The summed E-state index contributed by atoms with van der Waals surface area (Å²) in [5.41, 5.74) is 1.21. The van der Waals surface area contributed by atoms with Gasteiger partial charge in [0, 0.05) is 13.8 Å². The van der Waals surface area contributed by atoms with E-state index in [0.29, 0.717) is 5.56 Å². The molecular formula is C24H26O8. The highest BCUT2D eigenvalue weighted by atomic mass is 16.7. The van der Waals surface area contributed by atoms with Gasteiger partial charge in [-0.15, -0.1) is 0 Å². The first kappa shape index (κ1) is 23.4. The summed E-state index contributed by atoms with van der Waals surface area (Å²) in [6.45, 7) is 4.29. The number of hydrogen-bond donors (Lipinski definition) is 0. The first-order valence-electron chi connectivity index (χ1n) is 10.3. The van der Waals surface area contributed by atoms with E-state index in [0.717, 1.165) is 5.56 Å². The molecule has 8 heteroatoms. The first-order chi connectivity index (χ1) is 15.3. The summed E-state index contributed by atoms with van der Waals surface area (Å²) in [4.78, 5) is 36.3. The van der Waals surface area contributed by atoms with E-state index in [1.807, 2.05) is 30.3 Å². The fourth-order valence-electron chi connectivity index (χ4n) is 3.43. The highest BCUT2D eigenvalue weighted by Gasteiger charge is 2.51. The van der Waals surface area contributed by atoms with E-state index in [2.05, 4.69) is 0 Å². The lowest BCUT2D eigenvalue weighted by molar-refractivity contribution is -0.301. The molecule has 1 saturated heterocycles. The molecule has 0 unspecified atom stereocenters. The van der Waals surface area contributed by atoms with Crippen LogP contribution < -0.4 is 0 Å². The minimum atomic E-state index is -1.13. The van der Waals surface area contributed by atoms with Crippen LogP contribution in [0, 0.1) is 0 Å². The average molecular weight is 442 g/mol. The fraction of sp³-hybridized carbons (Fsp3) is 0.375. The van der Waals surface area contributed by atoms with Crippen LogP contribution in [0.15, 0.2) is 60.7 Å². The van der Waals surface area contributed by atoms with Crippen molar-refractivity contribution < 1.29 is 38.1 Å². The van der Waals surface area contributed by atoms with Crippen LogP contribution in [0.25, 0.3) is 0 Å². The smallest absolute Gasteiger partial charge is 0.338 e. The average Bonchev–Trinajstić information content (AvgIpc) is 2.77. The summed E-state index contributed by atoms with van der Waals surface area (Å²) in [6.07, 6.45) is -5.02. The van der Waals surface area contributed by atoms with Crippen molar-refractivity contribution in [1.82, 2.24) is 0 Å². The largest absolute Gasteiger partial charge is 0.454 e. The normalized spacial score (nSPS) is 24.9. The molecule has 170 valence electrons. The van der Waals surface area contributed by atoms with Gasteiger partial charge < -0.3 is 23.7 Å². The summed E-state index contributed by atoms with van der Waals surface area (Å²) < 4.78 is 28.3. The molecule has 5 atom stereocenters. The summed E-state index contributed by atoms with van der Waals surface area (Å²) in [6, 6.07) is 17.8. The molecule has 0 N–H and O–H groups in total. The molecule has 0 bridgehead atoms. The summed E-state index contributed by atoms with van der Waals surface area (Å²) in [5, 5.41) is 0. The predicted octanol–water partition coefficient (Wildman–Crippen LogP) is 3.04. The number of esters is 3. The molecule has 0 spiro atoms. The molecule has 2 aromatic carbocycles. The maximum Gasteiger partial charge on any atom is 0.338 e. The molecule has 3 rings (SSSR count).